The highest BCUT2D eigenvalue weighted by Crippen LogP contribution is 2.48. The Balaban J connectivity index is 1.49. The van der Waals surface area contributed by atoms with Crippen molar-refractivity contribution in [2.75, 3.05) is 40.5 Å². The van der Waals surface area contributed by atoms with Crippen LogP contribution in [-0.2, 0) is 16.0 Å². The minimum absolute atomic E-state index is 0.0771. The predicted molar refractivity (Wildman–Crippen MR) is 136 cm³/mol. The Morgan fingerprint density at radius 1 is 1.00 bits per heavy atom. The Labute approximate surface area is 216 Å². The predicted octanol–water partition coefficient (Wildman–Crippen LogP) is 3.28. The first-order chi connectivity index (χ1) is 18.0. The first-order valence-corrected chi connectivity index (χ1v) is 12.8. The summed E-state index contributed by atoms with van der Waals surface area (Å²) in [6, 6.07) is 11.0. The molecule has 2 atom stereocenters. The number of piperidine rings is 1. The van der Waals surface area contributed by atoms with E-state index < -0.39 is 12.0 Å². The lowest BCUT2D eigenvalue weighted by atomic mass is 9.75. The molecule has 2 aromatic carbocycles. The van der Waals surface area contributed by atoms with Crippen LogP contribution < -0.4 is 14.8 Å². The highest BCUT2D eigenvalue weighted by Gasteiger charge is 2.47. The molecule has 3 aliphatic rings. The number of nitrogens with one attached hydrogen (secondary N) is 1. The first-order valence-electron chi connectivity index (χ1n) is 12.8. The number of amides is 3. The second kappa shape index (κ2) is 10.3. The molecule has 0 aliphatic carbocycles. The maximum absolute atomic E-state index is 14.0. The smallest absolute Gasteiger partial charge is 0.409 e. The number of nitrogens with zero attached hydrogens (tertiary/aromatic N) is 2. The largest absolute Gasteiger partial charge is 0.493 e. The summed E-state index contributed by atoms with van der Waals surface area (Å²) < 4.78 is 16.1. The van der Waals surface area contributed by atoms with Gasteiger partial charge in [0, 0.05) is 31.2 Å². The van der Waals surface area contributed by atoms with E-state index in [9.17, 15) is 14.4 Å². The third kappa shape index (κ3) is 4.47. The van der Waals surface area contributed by atoms with Gasteiger partial charge in [0.15, 0.2) is 11.5 Å². The fourth-order valence-corrected chi connectivity index (χ4v) is 5.84. The van der Waals surface area contributed by atoms with Crippen molar-refractivity contribution in [1.82, 2.24) is 15.1 Å². The molecule has 1 fully saturated rings. The Morgan fingerprint density at radius 3 is 2.41 bits per heavy atom. The average molecular weight is 508 g/mol. The molecule has 2 aromatic rings. The molecule has 1 N–H and O–H groups in total. The van der Waals surface area contributed by atoms with Crippen LogP contribution >= 0.6 is 0 Å². The highest BCUT2D eigenvalue weighted by molar-refractivity contribution is 6.02. The van der Waals surface area contributed by atoms with E-state index in [4.69, 9.17) is 14.2 Å². The van der Waals surface area contributed by atoms with Gasteiger partial charge in [0.25, 0.3) is 5.91 Å². The molecule has 37 heavy (non-hydrogen) atoms. The summed E-state index contributed by atoms with van der Waals surface area (Å²) in [5, 5.41) is 3.24. The average Bonchev–Trinajstić information content (AvgIpc) is 2.92. The van der Waals surface area contributed by atoms with E-state index >= 15 is 0 Å². The van der Waals surface area contributed by atoms with Crippen LogP contribution in [0.4, 0.5) is 4.79 Å². The summed E-state index contributed by atoms with van der Waals surface area (Å²) in [6.07, 6.45) is 1.70. The Kier molecular flexibility index (Phi) is 6.95. The summed E-state index contributed by atoms with van der Waals surface area (Å²) in [5.41, 5.74) is 3.26. The Hall–Kier alpha value is -3.75. The molecule has 9 nitrogen and oxygen atoms in total. The van der Waals surface area contributed by atoms with Crippen LogP contribution in [0.25, 0.3) is 0 Å². The molecule has 0 saturated carbocycles. The third-order valence-corrected chi connectivity index (χ3v) is 7.68. The fraction of sp³-hybridized carbons (Fsp3) is 0.464. The highest BCUT2D eigenvalue weighted by atomic mass is 16.6. The van der Waals surface area contributed by atoms with Crippen LogP contribution in [0, 0.1) is 0 Å². The van der Waals surface area contributed by atoms with Crippen LogP contribution in [0.1, 0.15) is 58.8 Å². The van der Waals surface area contributed by atoms with Gasteiger partial charge in [-0.05, 0) is 55.0 Å². The number of rotatable bonds is 5. The lowest BCUT2D eigenvalue weighted by molar-refractivity contribution is -0.125. The van der Waals surface area contributed by atoms with Crippen LogP contribution in [0.3, 0.4) is 0 Å². The van der Waals surface area contributed by atoms with Gasteiger partial charge in [-0.3, -0.25) is 9.59 Å². The summed E-state index contributed by atoms with van der Waals surface area (Å²) in [7, 11) is 3.08. The van der Waals surface area contributed by atoms with Crippen LogP contribution in [0.5, 0.6) is 11.5 Å². The Bertz CT molecular complexity index is 1210. The number of methoxy groups -OCH3 is 2. The first kappa shape index (κ1) is 24.9. The fourth-order valence-electron chi connectivity index (χ4n) is 5.84. The van der Waals surface area contributed by atoms with E-state index in [2.05, 4.69) is 11.4 Å². The lowest BCUT2D eigenvalue weighted by Crippen LogP contribution is -2.52. The maximum atomic E-state index is 14.0. The topological polar surface area (TPSA) is 97.4 Å². The van der Waals surface area contributed by atoms with Crippen molar-refractivity contribution in [3.8, 4) is 11.5 Å². The van der Waals surface area contributed by atoms with E-state index in [0.29, 0.717) is 61.7 Å². The minimum atomic E-state index is -0.614. The van der Waals surface area contributed by atoms with Crippen LogP contribution in [0.15, 0.2) is 36.4 Å². The monoisotopic (exact) mass is 507 g/mol. The van der Waals surface area contributed by atoms with Crippen LogP contribution in [-0.4, -0.2) is 74.2 Å². The van der Waals surface area contributed by atoms with E-state index in [-0.39, 0.29) is 23.9 Å². The standard InChI is InChI=1S/C28H33N3O6/c1-4-37-28(34)30-12-10-18(11-13-30)29-26(32)24-20-15-22(35-2)23(36-3)16-21(20)27(33)31-14-9-17-7-5-6-8-19(17)25(24)31/h5-8,15-16,18,24-25H,4,9-14H2,1-3H3,(H,29,32)/t24-,25-/m1/s1. The molecule has 0 spiro atoms. The van der Waals surface area contributed by atoms with Gasteiger partial charge in [-0.15, -0.1) is 0 Å². The van der Waals surface area contributed by atoms with Crippen molar-refractivity contribution < 1.29 is 28.6 Å². The number of ether oxygens (including phenoxy) is 3. The molecular formula is C28H33N3O6. The number of carbonyl (C=O) groups excluding carboxylic acids is 3. The van der Waals surface area contributed by atoms with Crippen molar-refractivity contribution in [2.45, 2.75) is 44.2 Å². The zero-order valence-electron chi connectivity index (χ0n) is 21.5. The number of carbonyl (C=O) groups is 3. The van der Waals surface area contributed by atoms with E-state index in [1.54, 1.807) is 31.1 Å². The zero-order valence-corrected chi connectivity index (χ0v) is 21.5. The number of fused-ring (bicyclic) bond motifs is 4. The van der Waals surface area contributed by atoms with Crippen LogP contribution in [0.2, 0.25) is 0 Å². The molecule has 0 radical (unpaired) electrons. The summed E-state index contributed by atoms with van der Waals surface area (Å²) in [6.45, 7) is 3.70. The van der Waals surface area contributed by atoms with Gasteiger partial charge in [-0.25, -0.2) is 4.79 Å². The van der Waals surface area contributed by atoms with Gasteiger partial charge in [0.05, 0.1) is 32.8 Å². The normalized spacial score (nSPS) is 20.9. The van der Waals surface area contributed by atoms with Gasteiger partial charge < -0.3 is 29.3 Å². The van der Waals surface area contributed by atoms with E-state index in [1.807, 2.05) is 23.1 Å². The van der Waals surface area contributed by atoms with Crippen molar-refractivity contribution >= 4 is 17.9 Å². The maximum Gasteiger partial charge on any atom is 0.409 e. The SMILES string of the molecule is CCOC(=O)N1CCC(NC(=O)[C@@H]2c3cc(OC)c(OC)cc3C(=O)N3CCc4ccccc4[C@H]23)CC1. The Morgan fingerprint density at radius 2 is 1.70 bits per heavy atom. The molecule has 0 bridgehead atoms. The van der Waals surface area contributed by atoms with Gasteiger partial charge in [0.1, 0.15) is 0 Å². The second-order valence-corrected chi connectivity index (χ2v) is 9.63. The quantitative estimate of drug-likeness (QED) is 0.667. The molecule has 3 heterocycles. The van der Waals surface area contributed by atoms with E-state index in [1.165, 1.54) is 7.11 Å². The number of likely N-dealkylation sites (tertiary alicyclic amines) is 1. The summed E-state index contributed by atoms with van der Waals surface area (Å²) >= 11 is 0. The number of hydrogen-bond donors (Lipinski definition) is 1. The third-order valence-electron chi connectivity index (χ3n) is 7.68. The van der Waals surface area contributed by atoms with Crippen molar-refractivity contribution in [3.63, 3.8) is 0 Å². The van der Waals surface area contributed by atoms with Crippen molar-refractivity contribution in [1.29, 1.82) is 0 Å². The molecular weight excluding hydrogens is 474 g/mol. The summed E-state index contributed by atoms with van der Waals surface area (Å²) in [4.78, 5) is 43.3. The molecule has 5 rings (SSSR count). The van der Waals surface area contributed by atoms with E-state index in [0.717, 1.165) is 17.5 Å². The number of hydrogen-bond acceptors (Lipinski definition) is 6. The van der Waals surface area contributed by atoms with Gasteiger partial charge in [-0.2, -0.15) is 0 Å². The number of benzene rings is 2. The van der Waals surface area contributed by atoms with Crippen molar-refractivity contribution in [2.24, 2.45) is 0 Å². The summed E-state index contributed by atoms with van der Waals surface area (Å²) in [5.74, 6) is 0.0737. The molecule has 196 valence electrons. The molecule has 0 unspecified atom stereocenters. The molecule has 9 heteroatoms. The molecule has 3 aliphatic heterocycles. The molecule has 0 aromatic heterocycles. The van der Waals surface area contributed by atoms with Gasteiger partial charge in [0.2, 0.25) is 5.91 Å². The van der Waals surface area contributed by atoms with Gasteiger partial charge >= 0.3 is 6.09 Å². The van der Waals surface area contributed by atoms with Crippen molar-refractivity contribution in [3.05, 3.63) is 58.7 Å². The second-order valence-electron chi connectivity index (χ2n) is 9.63. The van der Waals surface area contributed by atoms with Gasteiger partial charge in [-0.1, -0.05) is 24.3 Å². The molecule has 1 saturated heterocycles. The minimum Gasteiger partial charge on any atom is -0.493 e. The zero-order chi connectivity index (χ0) is 26.1. The molecule has 3 amide bonds. The lowest BCUT2D eigenvalue weighted by Gasteiger charge is -2.45.